The summed E-state index contributed by atoms with van der Waals surface area (Å²) in [4.78, 5) is 13.9. The molecule has 5 rings (SSSR count). The van der Waals surface area contributed by atoms with Crippen LogP contribution in [0.2, 0.25) is 13.1 Å². The van der Waals surface area contributed by atoms with Gasteiger partial charge in [0.25, 0.3) is 0 Å². The van der Waals surface area contributed by atoms with Crippen LogP contribution in [-0.2, 0) is 21.1 Å². The van der Waals surface area contributed by atoms with Gasteiger partial charge >= 0.3 is 0 Å². The summed E-state index contributed by atoms with van der Waals surface area (Å²) in [5.41, 5.74) is 5.67. The number of anilines is 1. The van der Waals surface area contributed by atoms with E-state index >= 15 is 0 Å². The van der Waals surface area contributed by atoms with Crippen LogP contribution >= 0.6 is 0 Å². The molecule has 1 aliphatic carbocycles. The molecule has 1 fully saturated rings. The van der Waals surface area contributed by atoms with Crippen molar-refractivity contribution in [3.8, 4) is 11.5 Å². The highest BCUT2D eigenvalue weighted by Crippen LogP contribution is 2.46. The van der Waals surface area contributed by atoms with Crippen LogP contribution in [0, 0.1) is 17.3 Å². The van der Waals surface area contributed by atoms with Crippen LogP contribution in [0.25, 0.3) is 0 Å². The van der Waals surface area contributed by atoms with Crippen LogP contribution in [0.5, 0.6) is 11.5 Å². The summed E-state index contributed by atoms with van der Waals surface area (Å²) in [6, 6.07) is 23.0. The van der Waals surface area contributed by atoms with Crippen LogP contribution in [0.3, 0.4) is 0 Å². The SMILES string of the molecule is C[SiH](C)OC(CCC(CCc1ccc(C(C)(C)C)c(NC(=O)CC2c3ccccc3Oc3ccccc32)c1)C(C)(C)C)C1CCCCC1. The fraction of sp³-hybridized carbons (Fsp3) is 0.558. The van der Waals surface area contributed by atoms with Crippen molar-refractivity contribution in [2.45, 2.75) is 136 Å². The number of fused-ring (bicyclic) bond motifs is 2. The number of carbonyl (C=O) groups excluding carboxylic acids is 1. The molecule has 2 atom stereocenters. The molecular formula is C43H61NO3Si. The Hall–Kier alpha value is -2.89. The Morgan fingerprint density at radius 3 is 2.06 bits per heavy atom. The molecule has 1 aliphatic heterocycles. The molecule has 1 heterocycles. The molecule has 1 N–H and O–H groups in total. The maximum Gasteiger partial charge on any atom is 0.225 e. The van der Waals surface area contributed by atoms with E-state index in [2.05, 4.69) is 90.3 Å². The molecule has 5 heteroatoms. The van der Waals surface area contributed by atoms with Gasteiger partial charge in [0.2, 0.25) is 5.91 Å². The summed E-state index contributed by atoms with van der Waals surface area (Å²) in [6.07, 6.45) is 12.1. The van der Waals surface area contributed by atoms with Crippen molar-refractivity contribution >= 4 is 20.6 Å². The zero-order valence-electron chi connectivity index (χ0n) is 31.0. The van der Waals surface area contributed by atoms with E-state index in [1.807, 2.05) is 36.4 Å². The van der Waals surface area contributed by atoms with Gasteiger partial charge in [0.05, 0.1) is 0 Å². The van der Waals surface area contributed by atoms with Crippen molar-refractivity contribution in [1.82, 2.24) is 0 Å². The molecule has 0 radical (unpaired) electrons. The van der Waals surface area contributed by atoms with Crippen LogP contribution in [0.4, 0.5) is 5.69 Å². The van der Waals surface area contributed by atoms with Gasteiger partial charge < -0.3 is 14.5 Å². The third-order valence-electron chi connectivity index (χ3n) is 10.8. The summed E-state index contributed by atoms with van der Waals surface area (Å²) in [5.74, 6) is 3.00. The molecule has 260 valence electrons. The second-order valence-corrected chi connectivity index (χ2v) is 19.3. The van der Waals surface area contributed by atoms with Crippen molar-refractivity contribution in [2.24, 2.45) is 17.3 Å². The standard InChI is InChI=1S/C43H61NO3Si/c1-42(2,3)32(25-27-38(47-48(7)8)31-16-10-9-11-17-31)24-22-30-23-26-36(43(4,5)6)37(28-30)44-41(45)29-35-33-18-12-14-20-39(33)46-40-21-15-13-19-34(35)40/h12-15,18-21,23,26,28,31-32,35,38,48H,9-11,16-17,22,24-25,27,29H2,1-8H3,(H,44,45). The van der Waals surface area contributed by atoms with Gasteiger partial charge in [-0.1, -0.05) is 109 Å². The minimum atomic E-state index is -1.09. The summed E-state index contributed by atoms with van der Waals surface area (Å²) in [5, 5.41) is 3.39. The van der Waals surface area contributed by atoms with E-state index in [9.17, 15) is 4.79 Å². The van der Waals surface area contributed by atoms with E-state index in [4.69, 9.17) is 9.16 Å². The third kappa shape index (κ3) is 9.41. The quantitative estimate of drug-likeness (QED) is 0.196. The lowest BCUT2D eigenvalue weighted by Crippen LogP contribution is -2.32. The number of carbonyl (C=O) groups is 1. The van der Waals surface area contributed by atoms with E-state index in [0.717, 1.165) is 47.1 Å². The Morgan fingerprint density at radius 1 is 0.854 bits per heavy atom. The molecule has 2 unspecified atom stereocenters. The second-order valence-electron chi connectivity index (χ2n) is 16.9. The normalized spacial score (nSPS) is 16.9. The van der Waals surface area contributed by atoms with Gasteiger partial charge in [-0.05, 0) is 104 Å². The second kappa shape index (κ2) is 15.8. The van der Waals surface area contributed by atoms with Crippen LogP contribution < -0.4 is 10.1 Å². The number of nitrogens with one attached hydrogen (secondary N) is 1. The smallest absolute Gasteiger partial charge is 0.225 e. The predicted molar refractivity (Wildman–Crippen MR) is 204 cm³/mol. The molecule has 3 aromatic rings. The van der Waals surface area contributed by atoms with Gasteiger partial charge in [0.15, 0.2) is 9.04 Å². The van der Waals surface area contributed by atoms with Gasteiger partial charge in [0, 0.05) is 35.3 Å². The third-order valence-corrected chi connectivity index (χ3v) is 11.7. The average Bonchev–Trinajstić information content (AvgIpc) is 3.03. The highest BCUT2D eigenvalue weighted by molar-refractivity contribution is 6.48. The number of hydrogen-bond donors (Lipinski definition) is 1. The molecule has 48 heavy (non-hydrogen) atoms. The number of para-hydroxylation sites is 2. The Kier molecular flexibility index (Phi) is 12.0. The average molecular weight is 668 g/mol. The van der Waals surface area contributed by atoms with E-state index in [1.54, 1.807) is 0 Å². The van der Waals surface area contributed by atoms with E-state index < -0.39 is 9.04 Å². The first-order chi connectivity index (χ1) is 22.8. The van der Waals surface area contributed by atoms with Crippen molar-refractivity contribution in [3.63, 3.8) is 0 Å². The van der Waals surface area contributed by atoms with Crippen molar-refractivity contribution in [1.29, 1.82) is 0 Å². The number of benzene rings is 3. The van der Waals surface area contributed by atoms with Crippen LogP contribution in [-0.4, -0.2) is 21.1 Å². The van der Waals surface area contributed by atoms with E-state index in [0.29, 0.717) is 18.4 Å². The zero-order chi connectivity index (χ0) is 34.5. The molecule has 2 aliphatic rings. The number of amides is 1. The maximum atomic E-state index is 13.9. The van der Waals surface area contributed by atoms with Crippen LogP contribution in [0.1, 0.15) is 128 Å². The Labute approximate surface area is 293 Å². The summed E-state index contributed by atoms with van der Waals surface area (Å²) in [6.45, 7) is 18.6. The molecule has 4 nitrogen and oxygen atoms in total. The first kappa shape index (κ1) is 36.4. The minimum absolute atomic E-state index is 0.0316. The molecule has 1 saturated carbocycles. The monoisotopic (exact) mass is 667 g/mol. The van der Waals surface area contributed by atoms with Gasteiger partial charge in [0.1, 0.15) is 11.5 Å². The van der Waals surface area contributed by atoms with Crippen molar-refractivity contribution < 1.29 is 14.0 Å². The first-order valence-electron chi connectivity index (χ1n) is 18.7. The fourth-order valence-corrected chi connectivity index (χ4v) is 9.16. The number of hydrogen-bond acceptors (Lipinski definition) is 3. The van der Waals surface area contributed by atoms with E-state index in [1.165, 1.54) is 56.1 Å². The van der Waals surface area contributed by atoms with Gasteiger partial charge in [-0.2, -0.15) is 0 Å². The number of ether oxygens (including phenoxy) is 1. The van der Waals surface area contributed by atoms with Crippen molar-refractivity contribution in [2.75, 3.05) is 5.32 Å². The summed E-state index contributed by atoms with van der Waals surface area (Å²) >= 11 is 0. The Bertz CT molecular complexity index is 1470. The topological polar surface area (TPSA) is 47.6 Å². The fourth-order valence-electron chi connectivity index (χ4n) is 8.11. The summed E-state index contributed by atoms with van der Waals surface area (Å²) in [7, 11) is -1.09. The minimum Gasteiger partial charge on any atom is -0.457 e. The number of rotatable bonds is 12. The lowest BCUT2D eigenvalue weighted by Gasteiger charge is -2.36. The lowest BCUT2D eigenvalue weighted by molar-refractivity contribution is -0.116. The van der Waals surface area contributed by atoms with Crippen molar-refractivity contribution in [3.05, 3.63) is 89.0 Å². The number of aryl methyl sites for hydroxylation is 1. The zero-order valence-corrected chi connectivity index (χ0v) is 32.2. The molecule has 0 saturated heterocycles. The van der Waals surface area contributed by atoms with Gasteiger partial charge in [-0.3, -0.25) is 4.79 Å². The molecule has 0 spiro atoms. The molecule has 0 bridgehead atoms. The van der Waals surface area contributed by atoms with Gasteiger partial charge in [-0.25, -0.2) is 0 Å². The molecular weight excluding hydrogens is 607 g/mol. The Balaban J connectivity index is 1.30. The largest absolute Gasteiger partial charge is 0.457 e. The molecule has 3 aromatic carbocycles. The molecule has 0 aromatic heterocycles. The predicted octanol–water partition coefficient (Wildman–Crippen LogP) is 11.6. The lowest BCUT2D eigenvalue weighted by atomic mass is 9.73. The highest BCUT2D eigenvalue weighted by atomic mass is 28.3. The van der Waals surface area contributed by atoms with Crippen LogP contribution in [0.15, 0.2) is 66.7 Å². The highest BCUT2D eigenvalue weighted by Gasteiger charge is 2.31. The first-order valence-corrected chi connectivity index (χ1v) is 21.5. The Morgan fingerprint density at radius 2 is 1.48 bits per heavy atom. The maximum absolute atomic E-state index is 13.9. The van der Waals surface area contributed by atoms with Gasteiger partial charge in [-0.15, -0.1) is 0 Å². The van der Waals surface area contributed by atoms with E-state index in [-0.39, 0.29) is 22.7 Å². The molecule has 1 amide bonds. The summed E-state index contributed by atoms with van der Waals surface area (Å²) < 4.78 is 12.9.